The second kappa shape index (κ2) is 5.50. The summed E-state index contributed by atoms with van der Waals surface area (Å²) in [7, 11) is 2.18. The van der Waals surface area contributed by atoms with Gasteiger partial charge < -0.3 is 20.0 Å². The molecule has 4 N–H and O–H groups in total. The van der Waals surface area contributed by atoms with Crippen LogP contribution in [0.5, 0.6) is 0 Å². The molecule has 1 aliphatic heterocycles. The molecule has 2 aromatic rings. The first-order valence-electron chi connectivity index (χ1n) is 7.32. The molecule has 0 amide bonds. The second-order valence-corrected chi connectivity index (χ2v) is 6.24. The highest BCUT2D eigenvalue weighted by Crippen LogP contribution is 2.31. The van der Waals surface area contributed by atoms with Gasteiger partial charge in [0.15, 0.2) is 17.3 Å². The number of anilines is 2. The van der Waals surface area contributed by atoms with Crippen LogP contribution in [0.3, 0.4) is 0 Å². The van der Waals surface area contributed by atoms with Crippen LogP contribution in [0.15, 0.2) is 18.6 Å². The molecule has 0 unspecified atom stereocenters. The summed E-state index contributed by atoms with van der Waals surface area (Å²) < 4.78 is 1.92. The van der Waals surface area contributed by atoms with E-state index in [4.69, 9.17) is 5.84 Å². The number of fused-ring (bicyclic) bond motifs is 1. The standard InChI is InChI=1S/C14H23N7/c1-14(3-6-20(2)7-4-14)10-17-12-13-16-5-8-21(13)9-11(18-12)19-15/h5,8-9,19H,3-4,6-7,10,15H2,1-2H3,(H,17,18). The van der Waals surface area contributed by atoms with Crippen molar-refractivity contribution in [2.24, 2.45) is 11.3 Å². The van der Waals surface area contributed by atoms with Gasteiger partial charge in [-0.05, 0) is 38.4 Å². The van der Waals surface area contributed by atoms with Crippen molar-refractivity contribution in [3.63, 3.8) is 0 Å². The van der Waals surface area contributed by atoms with Gasteiger partial charge in [0, 0.05) is 18.9 Å². The minimum Gasteiger partial charge on any atom is -0.366 e. The van der Waals surface area contributed by atoms with E-state index in [1.165, 1.54) is 12.8 Å². The molecule has 0 spiro atoms. The molecule has 3 rings (SSSR count). The quantitative estimate of drug-likeness (QED) is 0.578. The Morgan fingerprint density at radius 1 is 1.38 bits per heavy atom. The lowest BCUT2D eigenvalue weighted by Crippen LogP contribution is -2.40. The summed E-state index contributed by atoms with van der Waals surface area (Å²) in [6.07, 6.45) is 7.86. The van der Waals surface area contributed by atoms with Gasteiger partial charge in [0.25, 0.3) is 0 Å². The van der Waals surface area contributed by atoms with Crippen LogP contribution in [0.25, 0.3) is 5.65 Å². The summed E-state index contributed by atoms with van der Waals surface area (Å²) in [6.45, 7) is 5.52. The molecular formula is C14H23N7. The highest BCUT2D eigenvalue weighted by molar-refractivity contribution is 5.65. The van der Waals surface area contributed by atoms with E-state index in [-0.39, 0.29) is 0 Å². The third-order valence-corrected chi connectivity index (χ3v) is 4.40. The zero-order valence-corrected chi connectivity index (χ0v) is 12.6. The van der Waals surface area contributed by atoms with E-state index in [1.807, 2.05) is 16.8 Å². The fraction of sp³-hybridized carbons (Fsp3) is 0.571. The number of rotatable bonds is 4. The van der Waals surface area contributed by atoms with Gasteiger partial charge in [0.1, 0.15) is 0 Å². The molecular weight excluding hydrogens is 266 g/mol. The first kappa shape index (κ1) is 14.1. The second-order valence-electron chi connectivity index (χ2n) is 6.24. The van der Waals surface area contributed by atoms with Crippen LogP contribution in [0.2, 0.25) is 0 Å². The van der Waals surface area contributed by atoms with Crippen molar-refractivity contribution in [1.29, 1.82) is 0 Å². The van der Waals surface area contributed by atoms with Gasteiger partial charge in [-0.1, -0.05) is 6.92 Å². The lowest BCUT2D eigenvalue weighted by molar-refractivity contribution is 0.150. The first-order valence-corrected chi connectivity index (χ1v) is 7.32. The van der Waals surface area contributed by atoms with E-state index in [2.05, 4.69) is 39.6 Å². The number of aromatic nitrogens is 3. The lowest BCUT2D eigenvalue weighted by Gasteiger charge is -2.38. The molecule has 1 aliphatic rings. The van der Waals surface area contributed by atoms with Gasteiger partial charge in [0.2, 0.25) is 0 Å². The summed E-state index contributed by atoms with van der Waals surface area (Å²) in [4.78, 5) is 11.2. The summed E-state index contributed by atoms with van der Waals surface area (Å²) in [5.41, 5.74) is 3.72. The summed E-state index contributed by atoms with van der Waals surface area (Å²) in [5, 5.41) is 3.47. The minimum atomic E-state index is 0.296. The summed E-state index contributed by atoms with van der Waals surface area (Å²) >= 11 is 0. The smallest absolute Gasteiger partial charge is 0.180 e. The third kappa shape index (κ3) is 2.93. The normalized spacial score (nSPS) is 18.8. The Hall–Kier alpha value is -1.86. The molecule has 7 heteroatoms. The van der Waals surface area contributed by atoms with Crippen LogP contribution < -0.4 is 16.6 Å². The number of likely N-dealkylation sites (tertiary alicyclic amines) is 1. The van der Waals surface area contributed by atoms with Crippen LogP contribution in [0.1, 0.15) is 19.8 Å². The van der Waals surface area contributed by atoms with E-state index in [0.29, 0.717) is 11.2 Å². The van der Waals surface area contributed by atoms with Gasteiger partial charge >= 0.3 is 0 Å². The van der Waals surface area contributed by atoms with Gasteiger partial charge in [-0.25, -0.2) is 15.8 Å². The van der Waals surface area contributed by atoms with E-state index < -0.39 is 0 Å². The van der Waals surface area contributed by atoms with E-state index in [9.17, 15) is 0 Å². The molecule has 2 aromatic heterocycles. The van der Waals surface area contributed by atoms with Crippen molar-refractivity contribution in [3.05, 3.63) is 18.6 Å². The Kier molecular flexibility index (Phi) is 3.69. The number of nitrogens with one attached hydrogen (secondary N) is 2. The van der Waals surface area contributed by atoms with Crippen molar-refractivity contribution < 1.29 is 0 Å². The molecule has 21 heavy (non-hydrogen) atoms. The monoisotopic (exact) mass is 289 g/mol. The Morgan fingerprint density at radius 3 is 2.86 bits per heavy atom. The molecule has 0 aliphatic carbocycles. The molecule has 0 bridgehead atoms. The van der Waals surface area contributed by atoms with Crippen molar-refractivity contribution >= 4 is 17.3 Å². The molecule has 1 fully saturated rings. The summed E-state index contributed by atoms with van der Waals surface area (Å²) in [6, 6.07) is 0. The Labute approximate surface area is 124 Å². The van der Waals surface area contributed by atoms with Crippen molar-refractivity contribution in [2.75, 3.05) is 37.4 Å². The van der Waals surface area contributed by atoms with E-state index in [0.717, 1.165) is 31.1 Å². The van der Waals surface area contributed by atoms with Gasteiger partial charge in [-0.3, -0.25) is 0 Å². The maximum atomic E-state index is 5.48. The predicted molar refractivity (Wildman–Crippen MR) is 84.1 cm³/mol. The molecule has 3 heterocycles. The van der Waals surface area contributed by atoms with Crippen LogP contribution in [0, 0.1) is 5.41 Å². The average Bonchev–Trinajstić information content (AvgIpc) is 2.96. The molecule has 0 radical (unpaired) electrons. The maximum absolute atomic E-state index is 5.48. The largest absolute Gasteiger partial charge is 0.366 e. The van der Waals surface area contributed by atoms with Gasteiger partial charge in [-0.15, -0.1) is 0 Å². The third-order valence-electron chi connectivity index (χ3n) is 4.40. The number of hydrogen-bond donors (Lipinski definition) is 3. The Morgan fingerprint density at radius 2 is 2.14 bits per heavy atom. The van der Waals surface area contributed by atoms with Gasteiger partial charge in [0.05, 0.1) is 6.20 Å². The molecule has 0 saturated carbocycles. The van der Waals surface area contributed by atoms with Crippen LogP contribution in [-0.4, -0.2) is 46.0 Å². The SMILES string of the molecule is CN1CCC(C)(CNc2nc(NN)cn3ccnc23)CC1. The van der Waals surface area contributed by atoms with E-state index >= 15 is 0 Å². The number of nitrogens with zero attached hydrogens (tertiary/aromatic N) is 4. The number of hydrazine groups is 1. The fourth-order valence-corrected chi connectivity index (χ4v) is 2.75. The first-order chi connectivity index (χ1) is 10.1. The topological polar surface area (TPSA) is 83.5 Å². The molecule has 7 nitrogen and oxygen atoms in total. The van der Waals surface area contributed by atoms with E-state index in [1.54, 1.807) is 6.20 Å². The number of nitrogens with two attached hydrogens (primary N) is 1. The molecule has 1 saturated heterocycles. The molecule has 114 valence electrons. The minimum absolute atomic E-state index is 0.296. The van der Waals surface area contributed by atoms with Crippen molar-refractivity contribution in [2.45, 2.75) is 19.8 Å². The lowest BCUT2D eigenvalue weighted by atomic mass is 9.80. The van der Waals surface area contributed by atoms with Crippen LogP contribution in [0.4, 0.5) is 11.6 Å². The fourth-order valence-electron chi connectivity index (χ4n) is 2.75. The zero-order chi connectivity index (χ0) is 14.9. The number of imidazole rings is 1. The van der Waals surface area contributed by atoms with Crippen molar-refractivity contribution in [3.8, 4) is 0 Å². The highest BCUT2D eigenvalue weighted by atomic mass is 15.3. The number of hydrogen-bond acceptors (Lipinski definition) is 6. The number of nitrogen functional groups attached to an aromatic ring is 1. The Balaban J connectivity index is 1.77. The molecule has 0 atom stereocenters. The predicted octanol–water partition coefficient (Wildman–Crippen LogP) is 1.16. The maximum Gasteiger partial charge on any atom is 0.180 e. The van der Waals surface area contributed by atoms with Crippen LogP contribution in [-0.2, 0) is 0 Å². The zero-order valence-electron chi connectivity index (χ0n) is 12.6. The Bertz CT molecular complexity index is 613. The average molecular weight is 289 g/mol. The van der Waals surface area contributed by atoms with Crippen molar-refractivity contribution in [1.82, 2.24) is 19.3 Å². The number of piperidine rings is 1. The summed E-state index contributed by atoms with van der Waals surface area (Å²) in [5.74, 6) is 6.87. The van der Waals surface area contributed by atoms with Gasteiger partial charge in [-0.2, -0.15) is 0 Å². The van der Waals surface area contributed by atoms with Crippen LogP contribution >= 0.6 is 0 Å². The highest BCUT2D eigenvalue weighted by Gasteiger charge is 2.29. The molecule has 0 aromatic carbocycles.